The molecule has 27 heavy (non-hydrogen) atoms. The first-order valence-electron chi connectivity index (χ1n) is 10.2. The van der Waals surface area contributed by atoms with Crippen LogP contribution in [0.1, 0.15) is 54.7 Å². The molecule has 2 fully saturated rings. The van der Waals surface area contributed by atoms with E-state index in [1.807, 2.05) is 6.07 Å². The van der Waals surface area contributed by atoms with E-state index in [-0.39, 0.29) is 5.92 Å². The van der Waals surface area contributed by atoms with E-state index in [0.717, 1.165) is 19.5 Å². The van der Waals surface area contributed by atoms with Gasteiger partial charge in [0.1, 0.15) is 0 Å². The molecule has 0 aromatic heterocycles. The minimum Gasteiger partial charge on any atom is -0.341 e. The first kappa shape index (κ1) is 18.2. The lowest BCUT2D eigenvalue weighted by Gasteiger charge is -2.17. The summed E-state index contributed by atoms with van der Waals surface area (Å²) < 4.78 is 0. The van der Waals surface area contributed by atoms with E-state index in [4.69, 9.17) is 5.73 Å². The summed E-state index contributed by atoms with van der Waals surface area (Å²) in [5.41, 5.74) is 10.0. The summed E-state index contributed by atoms with van der Waals surface area (Å²) in [4.78, 5) is 15.2. The molecule has 2 aromatic rings. The zero-order valence-corrected chi connectivity index (χ0v) is 16.3. The third kappa shape index (κ3) is 3.66. The molecule has 1 aliphatic heterocycles. The van der Waals surface area contributed by atoms with Gasteiger partial charge >= 0.3 is 0 Å². The van der Waals surface area contributed by atoms with Crippen LogP contribution in [0.5, 0.6) is 0 Å². The van der Waals surface area contributed by atoms with Crippen molar-refractivity contribution in [2.24, 2.45) is 17.6 Å². The Hall–Kier alpha value is -2.13. The van der Waals surface area contributed by atoms with E-state index in [1.165, 1.54) is 16.7 Å². The number of likely N-dealkylation sites (tertiary alicyclic amines) is 1. The number of carbonyl (C=O) groups is 1. The number of nitrogens with zero attached hydrogens (tertiary/aromatic N) is 1. The highest BCUT2D eigenvalue weighted by atomic mass is 16.2. The standard InChI is InChI=1S/C24H30N2O/c1-16(2)17-8-10-19(11-9-17)21-12-22(21)24(27)26-14-20(13-25)23(15-26)18-6-4-3-5-7-18/h3-11,16,20-23H,12-15,25H2,1-2H3/t20-,21?,22?,23+/m1/s1. The molecular weight excluding hydrogens is 332 g/mol. The molecule has 1 amide bonds. The normalized spacial score (nSPS) is 27.2. The molecule has 4 atom stereocenters. The Morgan fingerprint density at radius 1 is 1.00 bits per heavy atom. The van der Waals surface area contributed by atoms with Gasteiger partial charge in [0, 0.05) is 24.9 Å². The quantitative estimate of drug-likeness (QED) is 0.870. The summed E-state index contributed by atoms with van der Waals surface area (Å²) in [5.74, 6) is 2.14. The molecule has 4 rings (SSSR count). The Kier molecular flexibility index (Phi) is 5.05. The van der Waals surface area contributed by atoms with Crippen LogP contribution in [0.4, 0.5) is 0 Å². The number of carbonyl (C=O) groups excluding carboxylic acids is 1. The predicted molar refractivity (Wildman–Crippen MR) is 110 cm³/mol. The van der Waals surface area contributed by atoms with Crippen molar-refractivity contribution in [3.63, 3.8) is 0 Å². The fraction of sp³-hybridized carbons (Fsp3) is 0.458. The number of hydrogen-bond acceptors (Lipinski definition) is 2. The smallest absolute Gasteiger partial charge is 0.226 e. The van der Waals surface area contributed by atoms with Gasteiger partial charge in [-0.25, -0.2) is 0 Å². The summed E-state index contributed by atoms with van der Waals surface area (Å²) in [5, 5.41) is 0. The maximum atomic E-state index is 13.1. The predicted octanol–water partition coefficient (Wildman–Crippen LogP) is 4.11. The molecule has 2 unspecified atom stereocenters. The first-order chi connectivity index (χ1) is 13.1. The van der Waals surface area contributed by atoms with Gasteiger partial charge in [-0.3, -0.25) is 4.79 Å². The Morgan fingerprint density at radius 3 is 2.30 bits per heavy atom. The van der Waals surface area contributed by atoms with E-state index in [2.05, 4.69) is 67.3 Å². The van der Waals surface area contributed by atoms with Crippen molar-refractivity contribution < 1.29 is 4.79 Å². The molecule has 2 N–H and O–H groups in total. The molecule has 142 valence electrons. The highest BCUT2D eigenvalue weighted by molar-refractivity contribution is 5.83. The van der Waals surface area contributed by atoms with Crippen LogP contribution in [0.25, 0.3) is 0 Å². The van der Waals surface area contributed by atoms with Gasteiger partial charge in [-0.15, -0.1) is 0 Å². The van der Waals surface area contributed by atoms with Crippen LogP contribution in [0.3, 0.4) is 0 Å². The maximum Gasteiger partial charge on any atom is 0.226 e. The Labute approximate surface area is 162 Å². The van der Waals surface area contributed by atoms with E-state index < -0.39 is 0 Å². The summed E-state index contributed by atoms with van der Waals surface area (Å²) in [6.45, 7) is 6.66. The Balaban J connectivity index is 1.42. The van der Waals surface area contributed by atoms with Crippen molar-refractivity contribution in [2.75, 3.05) is 19.6 Å². The van der Waals surface area contributed by atoms with Gasteiger partial charge in [0.15, 0.2) is 0 Å². The molecule has 2 aliphatic rings. The van der Waals surface area contributed by atoms with Gasteiger partial charge in [-0.2, -0.15) is 0 Å². The summed E-state index contributed by atoms with van der Waals surface area (Å²) in [6.07, 6.45) is 0.986. The van der Waals surface area contributed by atoms with Gasteiger partial charge in [0.2, 0.25) is 5.91 Å². The second-order valence-electron chi connectivity index (χ2n) is 8.53. The minimum atomic E-state index is 0.155. The average molecular weight is 363 g/mol. The van der Waals surface area contributed by atoms with Crippen molar-refractivity contribution in [3.8, 4) is 0 Å². The number of rotatable bonds is 5. The molecule has 0 spiro atoms. The fourth-order valence-electron chi connectivity index (χ4n) is 4.57. The molecule has 1 heterocycles. The second kappa shape index (κ2) is 7.47. The number of amides is 1. The molecule has 0 radical (unpaired) electrons. The largest absolute Gasteiger partial charge is 0.341 e. The molecule has 1 saturated carbocycles. The Morgan fingerprint density at radius 2 is 1.67 bits per heavy atom. The lowest BCUT2D eigenvalue weighted by molar-refractivity contribution is -0.131. The van der Waals surface area contributed by atoms with Crippen molar-refractivity contribution >= 4 is 5.91 Å². The van der Waals surface area contributed by atoms with Crippen LogP contribution in [0, 0.1) is 11.8 Å². The van der Waals surface area contributed by atoms with E-state index >= 15 is 0 Å². The van der Waals surface area contributed by atoms with Crippen LogP contribution >= 0.6 is 0 Å². The maximum absolute atomic E-state index is 13.1. The monoisotopic (exact) mass is 362 g/mol. The lowest BCUT2D eigenvalue weighted by atomic mass is 9.89. The van der Waals surface area contributed by atoms with Crippen LogP contribution in [-0.2, 0) is 4.79 Å². The van der Waals surface area contributed by atoms with E-state index in [0.29, 0.717) is 36.1 Å². The summed E-state index contributed by atoms with van der Waals surface area (Å²) in [7, 11) is 0. The number of nitrogens with two attached hydrogens (primary N) is 1. The van der Waals surface area contributed by atoms with Crippen LogP contribution in [0.15, 0.2) is 54.6 Å². The zero-order chi connectivity index (χ0) is 19.0. The topological polar surface area (TPSA) is 46.3 Å². The third-order valence-corrected chi connectivity index (χ3v) is 6.42. The molecule has 3 heteroatoms. The molecule has 1 aliphatic carbocycles. The Bertz CT molecular complexity index is 784. The summed E-state index contributed by atoms with van der Waals surface area (Å²) in [6, 6.07) is 19.4. The van der Waals surface area contributed by atoms with Crippen molar-refractivity contribution in [3.05, 3.63) is 71.3 Å². The molecule has 1 saturated heterocycles. The van der Waals surface area contributed by atoms with Gasteiger partial charge in [0.05, 0.1) is 0 Å². The van der Waals surface area contributed by atoms with E-state index in [9.17, 15) is 4.79 Å². The van der Waals surface area contributed by atoms with Gasteiger partial charge in [-0.1, -0.05) is 68.4 Å². The zero-order valence-electron chi connectivity index (χ0n) is 16.3. The van der Waals surface area contributed by atoms with Crippen molar-refractivity contribution in [1.29, 1.82) is 0 Å². The SMILES string of the molecule is CC(C)c1ccc(C2CC2C(=O)N2C[C@@H](CN)[C@H](c3ccccc3)C2)cc1. The van der Waals surface area contributed by atoms with Crippen molar-refractivity contribution in [2.45, 2.75) is 38.0 Å². The van der Waals surface area contributed by atoms with Gasteiger partial charge in [-0.05, 0) is 47.4 Å². The molecule has 0 bridgehead atoms. The summed E-state index contributed by atoms with van der Waals surface area (Å²) >= 11 is 0. The van der Waals surface area contributed by atoms with Crippen LogP contribution in [-0.4, -0.2) is 30.4 Å². The van der Waals surface area contributed by atoms with E-state index in [1.54, 1.807) is 0 Å². The molecule has 2 aromatic carbocycles. The molecular formula is C24H30N2O. The van der Waals surface area contributed by atoms with Gasteiger partial charge in [0.25, 0.3) is 0 Å². The molecule has 3 nitrogen and oxygen atoms in total. The van der Waals surface area contributed by atoms with Crippen LogP contribution in [0.2, 0.25) is 0 Å². The van der Waals surface area contributed by atoms with Gasteiger partial charge < -0.3 is 10.6 Å². The van der Waals surface area contributed by atoms with Crippen molar-refractivity contribution in [1.82, 2.24) is 4.90 Å². The fourth-order valence-corrected chi connectivity index (χ4v) is 4.57. The first-order valence-corrected chi connectivity index (χ1v) is 10.2. The third-order valence-electron chi connectivity index (χ3n) is 6.42. The highest BCUT2D eigenvalue weighted by Crippen LogP contribution is 2.49. The minimum absolute atomic E-state index is 0.155. The highest BCUT2D eigenvalue weighted by Gasteiger charge is 2.48. The number of benzene rings is 2. The lowest BCUT2D eigenvalue weighted by Crippen LogP contribution is -2.31. The number of hydrogen-bond donors (Lipinski definition) is 1. The average Bonchev–Trinajstić information content (AvgIpc) is 3.39. The van der Waals surface area contributed by atoms with Crippen LogP contribution < -0.4 is 5.73 Å². The second-order valence-corrected chi connectivity index (χ2v) is 8.53.